The minimum atomic E-state index is -4.55. The van der Waals surface area contributed by atoms with Gasteiger partial charge in [-0.1, -0.05) is 25.0 Å². The van der Waals surface area contributed by atoms with Gasteiger partial charge in [-0.25, -0.2) is 0 Å². The minimum absolute atomic E-state index is 0.0692. The van der Waals surface area contributed by atoms with Crippen LogP contribution in [-0.2, 0) is 15.8 Å². The molecule has 0 aromatic heterocycles. The quantitative estimate of drug-likeness (QED) is 0.887. The smallest absolute Gasteiger partial charge is 0.333 e. The van der Waals surface area contributed by atoms with Crippen LogP contribution in [0.15, 0.2) is 24.3 Å². The van der Waals surface area contributed by atoms with E-state index in [2.05, 4.69) is 5.32 Å². The van der Waals surface area contributed by atoms with E-state index in [0.29, 0.717) is 6.54 Å². The Morgan fingerprint density at radius 1 is 1.21 bits per heavy atom. The summed E-state index contributed by atoms with van der Waals surface area (Å²) in [5, 5.41) is 2.27. The third-order valence-electron chi connectivity index (χ3n) is 4.24. The van der Waals surface area contributed by atoms with Gasteiger partial charge in [0.2, 0.25) is 11.8 Å². The number of carbonyl (C=O) groups excluding carboxylic acids is 2. The maximum atomic E-state index is 12.9. The molecule has 1 N–H and O–H groups in total. The zero-order valence-electron chi connectivity index (χ0n) is 13.5. The highest BCUT2D eigenvalue weighted by Crippen LogP contribution is 2.34. The van der Waals surface area contributed by atoms with Crippen LogP contribution in [-0.4, -0.2) is 29.8 Å². The van der Waals surface area contributed by atoms with E-state index in [-0.39, 0.29) is 24.1 Å². The number of amides is 2. The number of nitrogens with zero attached hydrogens (tertiary/aromatic N) is 1. The Morgan fingerprint density at radius 3 is 2.42 bits per heavy atom. The normalized spacial score (nSPS) is 15.3. The largest absolute Gasteiger partial charge is 0.418 e. The Hall–Kier alpha value is -2.05. The number of rotatable bonds is 5. The summed E-state index contributed by atoms with van der Waals surface area (Å²) in [6, 6.07) is 4.80. The summed E-state index contributed by atoms with van der Waals surface area (Å²) < 4.78 is 38.8. The topological polar surface area (TPSA) is 49.4 Å². The molecule has 2 rings (SSSR count). The number of halogens is 3. The molecule has 0 atom stereocenters. The molecule has 0 bridgehead atoms. The minimum Gasteiger partial charge on any atom is -0.333 e. The van der Waals surface area contributed by atoms with Crippen molar-refractivity contribution < 1.29 is 22.8 Å². The van der Waals surface area contributed by atoms with Crippen LogP contribution in [0, 0.1) is 5.92 Å². The van der Waals surface area contributed by atoms with E-state index in [1.165, 1.54) is 23.1 Å². The van der Waals surface area contributed by atoms with Crippen LogP contribution in [0.5, 0.6) is 0 Å². The van der Waals surface area contributed by atoms with Gasteiger partial charge in [0.1, 0.15) is 0 Å². The summed E-state index contributed by atoms with van der Waals surface area (Å²) >= 11 is 0. The molecule has 0 saturated heterocycles. The fraction of sp³-hybridized carbons (Fsp3) is 0.529. The number of carbonyl (C=O) groups is 2. The first-order valence-electron chi connectivity index (χ1n) is 8.07. The van der Waals surface area contributed by atoms with E-state index < -0.39 is 17.6 Å². The second kappa shape index (κ2) is 7.68. The number of nitrogens with one attached hydrogen (secondary N) is 1. The lowest BCUT2D eigenvalue weighted by Gasteiger charge is -2.24. The predicted octanol–water partition coefficient (Wildman–Crippen LogP) is 3.68. The van der Waals surface area contributed by atoms with Crippen molar-refractivity contribution in [1.29, 1.82) is 0 Å². The first kappa shape index (κ1) is 18.3. The SMILES string of the molecule is CCN(CC(=O)Nc1ccccc1C(F)(F)F)C(=O)C1CCCC1. The summed E-state index contributed by atoms with van der Waals surface area (Å²) in [5.41, 5.74) is -1.19. The average Bonchev–Trinajstić information content (AvgIpc) is 3.06. The Kier molecular flexibility index (Phi) is 5.85. The van der Waals surface area contributed by atoms with Crippen LogP contribution < -0.4 is 5.32 Å². The summed E-state index contributed by atoms with van der Waals surface area (Å²) in [4.78, 5) is 25.9. The molecular formula is C17H21F3N2O2. The molecule has 0 spiro atoms. The van der Waals surface area contributed by atoms with Gasteiger partial charge in [-0.15, -0.1) is 0 Å². The summed E-state index contributed by atoms with van der Waals surface area (Å²) in [7, 11) is 0. The molecule has 7 heteroatoms. The van der Waals surface area contributed by atoms with Gasteiger partial charge in [0.15, 0.2) is 0 Å². The fourth-order valence-electron chi connectivity index (χ4n) is 2.98. The Morgan fingerprint density at radius 2 is 1.83 bits per heavy atom. The summed E-state index contributed by atoms with van der Waals surface area (Å²) in [6.07, 6.45) is -0.923. The zero-order chi connectivity index (χ0) is 17.7. The lowest BCUT2D eigenvalue weighted by molar-refractivity contribution is -0.138. The van der Waals surface area contributed by atoms with Crippen molar-refractivity contribution in [2.45, 2.75) is 38.8 Å². The second-order valence-electron chi connectivity index (χ2n) is 5.93. The maximum absolute atomic E-state index is 12.9. The third kappa shape index (κ3) is 4.49. The van der Waals surface area contributed by atoms with Gasteiger partial charge in [0, 0.05) is 12.5 Å². The monoisotopic (exact) mass is 342 g/mol. The van der Waals surface area contributed by atoms with Crippen molar-refractivity contribution in [3.63, 3.8) is 0 Å². The molecule has 1 fully saturated rings. The van der Waals surface area contributed by atoms with Crippen molar-refractivity contribution in [3.8, 4) is 0 Å². The summed E-state index contributed by atoms with van der Waals surface area (Å²) in [5.74, 6) is -0.783. The lowest BCUT2D eigenvalue weighted by atomic mass is 10.1. The Labute approximate surface area is 139 Å². The molecule has 0 heterocycles. The van der Waals surface area contributed by atoms with E-state index in [1.54, 1.807) is 6.92 Å². The van der Waals surface area contributed by atoms with Crippen molar-refractivity contribution in [1.82, 2.24) is 4.90 Å². The van der Waals surface area contributed by atoms with Gasteiger partial charge < -0.3 is 10.2 Å². The first-order chi connectivity index (χ1) is 11.3. The molecule has 0 unspecified atom stereocenters. The van der Waals surface area contributed by atoms with Crippen LogP contribution >= 0.6 is 0 Å². The van der Waals surface area contributed by atoms with Crippen LogP contribution in [0.25, 0.3) is 0 Å². The molecule has 24 heavy (non-hydrogen) atoms. The van der Waals surface area contributed by atoms with Gasteiger partial charge in [0.25, 0.3) is 0 Å². The van der Waals surface area contributed by atoms with Crippen LogP contribution in [0.3, 0.4) is 0 Å². The van der Waals surface area contributed by atoms with Crippen molar-refractivity contribution in [2.24, 2.45) is 5.92 Å². The number of hydrogen-bond donors (Lipinski definition) is 1. The standard InChI is InChI=1S/C17H21F3N2O2/c1-2-22(16(24)12-7-3-4-8-12)11-15(23)21-14-10-6-5-9-13(14)17(18,19)20/h5-6,9-10,12H,2-4,7-8,11H2,1H3,(H,21,23). The van der Waals surface area contributed by atoms with Gasteiger partial charge >= 0.3 is 6.18 Å². The number of anilines is 1. The van der Waals surface area contributed by atoms with Gasteiger partial charge in [-0.2, -0.15) is 13.2 Å². The summed E-state index contributed by atoms with van der Waals surface area (Å²) in [6.45, 7) is 1.87. The van der Waals surface area contributed by atoms with Crippen LogP contribution in [0.4, 0.5) is 18.9 Å². The van der Waals surface area contributed by atoms with E-state index in [1.807, 2.05) is 0 Å². The highest BCUT2D eigenvalue weighted by molar-refractivity contribution is 5.95. The van der Waals surface area contributed by atoms with Crippen LogP contribution in [0.1, 0.15) is 38.2 Å². The molecule has 1 aromatic carbocycles. The molecule has 132 valence electrons. The molecular weight excluding hydrogens is 321 g/mol. The number of benzene rings is 1. The van der Waals surface area contributed by atoms with Gasteiger partial charge in [-0.05, 0) is 31.9 Å². The lowest BCUT2D eigenvalue weighted by Crippen LogP contribution is -2.40. The van der Waals surface area contributed by atoms with Crippen molar-refractivity contribution in [2.75, 3.05) is 18.4 Å². The third-order valence-corrected chi connectivity index (χ3v) is 4.24. The Balaban J connectivity index is 2.03. The van der Waals surface area contributed by atoms with Gasteiger partial charge in [-0.3, -0.25) is 9.59 Å². The van der Waals surface area contributed by atoms with E-state index in [4.69, 9.17) is 0 Å². The molecule has 0 aliphatic heterocycles. The second-order valence-corrected chi connectivity index (χ2v) is 5.93. The average molecular weight is 342 g/mol. The zero-order valence-corrected chi connectivity index (χ0v) is 13.5. The highest BCUT2D eigenvalue weighted by atomic mass is 19.4. The predicted molar refractivity (Wildman–Crippen MR) is 84.3 cm³/mol. The molecule has 1 aromatic rings. The maximum Gasteiger partial charge on any atom is 0.418 e. The highest BCUT2D eigenvalue weighted by Gasteiger charge is 2.34. The first-order valence-corrected chi connectivity index (χ1v) is 8.07. The van der Waals surface area contributed by atoms with E-state index in [0.717, 1.165) is 31.7 Å². The van der Waals surface area contributed by atoms with E-state index >= 15 is 0 Å². The molecule has 2 amide bonds. The number of likely N-dealkylation sites (N-methyl/N-ethyl adjacent to an activating group) is 1. The van der Waals surface area contributed by atoms with Crippen LogP contribution in [0.2, 0.25) is 0 Å². The molecule has 0 radical (unpaired) electrons. The molecule has 1 aliphatic rings. The van der Waals surface area contributed by atoms with Crippen molar-refractivity contribution >= 4 is 17.5 Å². The molecule has 1 aliphatic carbocycles. The Bertz CT molecular complexity index is 596. The van der Waals surface area contributed by atoms with Crippen molar-refractivity contribution in [3.05, 3.63) is 29.8 Å². The molecule has 1 saturated carbocycles. The number of hydrogen-bond acceptors (Lipinski definition) is 2. The van der Waals surface area contributed by atoms with E-state index in [9.17, 15) is 22.8 Å². The molecule has 4 nitrogen and oxygen atoms in total. The number of para-hydroxylation sites is 1. The number of alkyl halides is 3. The fourth-order valence-corrected chi connectivity index (χ4v) is 2.98. The van der Waals surface area contributed by atoms with Gasteiger partial charge in [0.05, 0.1) is 17.8 Å².